The molecule has 0 aliphatic heterocycles. The first-order chi connectivity index (χ1) is 10.3. The number of carbonyl (C=O) groups excluding carboxylic acids is 1. The third-order valence-corrected chi connectivity index (χ3v) is 4.05. The molecule has 1 saturated carbocycles. The third-order valence-electron chi connectivity index (χ3n) is 3.76. The first-order valence-corrected chi connectivity index (χ1v) is 7.35. The van der Waals surface area contributed by atoms with Crippen LogP contribution in [0.3, 0.4) is 0 Å². The molecule has 0 bridgehead atoms. The van der Waals surface area contributed by atoms with Crippen molar-refractivity contribution in [1.82, 2.24) is 5.32 Å². The number of hydrogen-bond donors (Lipinski definition) is 2. The lowest BCUT2D eigenvalue weighted by atomic mass is 9.74. The highest BCUT2D eigenvalue weighted by Gasteiger charge is 2.41. The zero-order valence-corrected chi connectivity index (χ0v) is 12.8. The molecular weight excluding hydrogens is 313 g/mol. The zero-order valence-electron chi connectivity index (χ0n) is 12.1. The van der Waals surface area contributed by atoms with E-state index < -0.39 is 29.3 Å². The number of rotatable bonds is 6. The Balaban J connectivity index is 1.98. The summed E-state index contributed by atoms with van der Waals surface area (Å²) in [6, 6.07) is 3.63. The van der Waals surface area contributed by atoms with Gasteiger partial charge >= 0.3 is 5.97 Å². The molecule has 7 heteroatoms. The minimum atomic E-state index is -0.949. The van der Waals surface area contributed by atoms with Crippen LogP contribution in [-0.4, -0.2) is 28.6 Å². The summed E-state index contributed by atoms with van der Waals surface area (Å²) in [5.41, 5.74) is -0.687. The van der Waals surface area contributed by atoms with Crippen molar-refractivity contribution >= 4 is 23.5 Å². The SMILES string of the molecule is CC(Oc1ccc(F)cc1Cl)C(=O)NC1(CC(=O)O)CCC1. The fourth-order valence-corrected chi connectivity index (χ4v) is 2.63. The first-order valence-electron chi connectivity index (χ1n) is 6.97. The lowest BCUT2D eigenvalue weighted by Crippen LogP contribution is -2.57. The van der Waals surface area contributed by atoms with E-state index in [1.807, 2.05) is 0 Å². The van der Waals surface area contributed by atoms with Gasteiger partial charge in [-0.15, -0.1) is 0 Å². The van der Waals surface area contributed by atoms with Crippen molar-refractivity contribution in [3.63, 3.8) is 0 Å². The monoisotopic (exact) mass is 329 g/mol. The van der Waals surface area contributed by atoms with E-state index in [0.29, 0.717) is 12.8 Å². The maximum absolute atomic E-state index is 13.0. The molecule has 0 saturated heterocycles. The number of nitrogens with one attached hydrogen (secondary N) is 1. The first kappa shape index (κ1) is 16.5. The Labute approximate surface area is 132 Å². The van der Waals surface area contributed by atoms with Crippen molar-refractivity contribution in [3.8, 4) is 5.75 Å². The number of ether oxygens (including phenoxy) is 1. The van der Waals surface area contributed by atoms with Crippen molar-refractivity contribution < 1.29 is 23.8 Å². The third kappa shape index (κ3) is 3.88. The Kier molecular flexibility index (Phi) is 4.90. The van der Waals surface area contributed by atoms with E-state index in [0.717, 1.165) is 12.5 Å². The fourth-order valence-electron chi connectivity index (χ4n) is 2.42. The number of carbonyl (C=O) groups is 2. The molecule has 1 aromatic carbocycles. The molecular formula is C15H17ClFNO4. The Hall–Kier alpha value is -1.82. The van der Waals surface area contributed by atoms with Crippen LogP contribution >= 0.6 is 11.6 Å². The highest BCUT2D eigenvalue weighted by Crippen LogP contribution is 2.35. The van der Waals surface area contributed by atoms with Crippen LogP contribution in [0.5, 0.6) is 5.75 Å². The molecule has 1 atom stereocenters. The lowest BCUT2D eigenvalue weighted by Gasteiger charge is -2.42. The van der Waals surface area contributed by atoms with E-state index in [-0.39, 0.29) is 17.2 Å². The highest BCUT2D eigenvalue weighted by molar-refractivity contribution is 6.32. The second-order valence-electron chi connectivity index (χ2n) is 5.53. The molecule has 1 aliphatic rings. The Bertz CT molecular complexity index is 589. The second-order valence-corrected chi connectivity index (χ2v) is 5.94. The van der Waals surface area contributed by atoms with Crippen molar-refractivity contribution in [1.29, 1.82) is 0 Å². The molecule has 0 radical (unpaired) electrons. The van der Waals surface area contributed by atoms with Crippen molar-refractivity contribution in [2.24, 2.45) is 0 Å². The van der Waals surface area contributed by atoms with Crippen LogP contribution in [0.4, 0.5) is 4.39 Å². The van der Waals surface area contributed by atoms with Gasteiger partial charge < -0.3 is 15.2 Å². The number of aliphatic carboxylic acids is 1. The molecule has 2 rings (SSSR count). The predicted octanol–water partition coefficient (Wildman–Crippen LogP) is 2.76. The largest absolute Gasteiger partial charge is 0.481 e. The van der Waals surface area contributed by atoms with Gasteiger partial charge in [0.15, 0.2) is 6.10 Å². The van der Waals surface area contributed by atoms with Gasteiger partial charge in [0, 0.05) is 0 Å². The summed E-state index contributed by atoms with van der Waals surface area (Å²) in [7, 11) is 0. The van der Waals surface area contributed by atoms with Crippen molar-refractivity contribution in [2.45, 2.75) is 44.2 Å². The minimum Gasteiger partial charge on any atom is -0.481 e. The van der Waals surface area contributed by atoms with Crippen LogP contribution in [0.25, 0.3) is 0 Å². The Morgan fingerprint density at radius 3 is 2.68 bits per heavy atom. The molecule has 22 heavy (non-hydrogen) atoms. The molecule has 1 fully saturated rings. The molecule has 0 spiro atoms. The Morgan fingerprint density at radius 1 is 1.50 bits per heavy atom. The van der Waals surface area contributed by atoms with E-state index in [9.17, 15) is 14.0 Å². The summed E-state index contributed by atoms with van der Waals surface area (Å²) in [4.78, 5) is 23.1. The zero-order chi connectivity index (χ0) is 16.3. The normalized spacial score (nSPS) is 17.2. The summed E-state index contributed by atoms with van der Waals surface area (Å²) in [5, 5.41) is 11.8. The fraction of sp³-hybridized carbons (Fsp3) is 0.467. The van der Waals surface area contributed by atoms with Gasteiger partial charge in [-0.05, 0) is 44.4 Å². The van der Waals surface area contributed by atoms with E-state index in [2.05, 4.69) is 5.32 Å². The standard InChI is InChI=1S/C15H17ClFNO4/c1-9(22-12-4-3-10(17)7-11(12)16)14(21)18-15(5-2-6-15)8-13(19)20/h3-4,7,9H,2,5-6,8H2,1H3,(H,18,21)(H,19,20). The van der Waals surface area contributed by atoms with Crippen LogP contribution in [0.2, 0.25) is 5.02 Å². The maximum atomic E-state index is 13.0. The minimum absolute atomic E-state index is 0.0727. The van der Waals surface area contributed by atoms with E-state index in [1.54, 1.807) is 0 Å². The topological polar surface area (TPSA) is 75.6 Å². The second kappa shape index (κ2) is 6.52. The smallest absolute Gasteiger partial charge is 0.305 e. The van der Waals surface area contributed by atoms with Gasteiger partial charge in [-0.25, -0.2) is 4.39 Å². The Morgan fingerprint density at radius 2 is 2.18 bits per heavy atom. The van der Waals surface area contributed by atoms with Crippen LogP contribution in [0.1, 0.15) is 32.6 Å². The van der Waals surface area contributed by atoms with E-state index in [1.165, 1.54) is 19.1 Å². The summed E-state index contributed by atoms with van der Waals surface area (Å²) in [6.45, 7) is 1.53. The quantitative estimate of drug-likeness (QED) is 0.841. The number of halogens is 2. The van der Waals surface area contributed by atoms with Crippen LogP contribution in [-0.2, 0) is 9.59 Å². The molecule has 5 nitrogen and oxygen atoms in total. The lowest BCUT2D eigenvalue weighted by molar-refractivity contribution is -0.141. The van der Waals surface area contributed by atoms with Crippen LogP contribution in [0, 0.1) is 5.82 Å². The van der Waals surface area contributed by atoms with Gasteiger partial charge in [-0.1, -0.05) is 11.6 Å². The number of benzene rings is 1. The van der Waals surface area contributed by atoms with E-state index >= 15 is 0 Å². The summed E-state index contributed by atoms with van der Waals surface area (Å²) in [5.74, 6) is -1.66. The summed E-state index contributed by atoms with van der Waals surface area (Å²) in [6.07, 6.45) is 1.17. The average Bonchev–Trinajstić information content (AvgIpc) is 2.38. The van der Waals surface area contributed by atoms with Crippen molar-refractivity contribution in [3.05, 3.63) is 29.0 Å². The van der Waals surface area contributed by atoms with E-state index in [4.69, 9.17) is 21.4 Å². The number of hydrogen-bond acceptors (Lipinski definition) is 3. The maximum Gasteiger partial charge on any atom is 0.305 e. The average molecular weight is 330 g/mol. The van der Waals surface area contributed by atoms with Gasteiger partial charge in [0.25, 0.3) is 5.91 Å². The molecule has 1 aromatic rings. The summed E-state index contributed by atoms with van der Waals surface area (Å²) >= 11 is 5.84. The molecule has 1 amide bonds. The molecule has 0 heterocycles. The molecule has 1 aliphatic carbocycles. The molecule has 2 N–H and O–H groups in total. The van der Waals surface area contributed by atoms with Gasteiger partial charge in [-0.2, -0.15) is 0 Å². The molecule has 120 valence electrons. The van der Waals surface area contributed by atoms with Gasteiger partial charge in [0.2, 0.25) is 0 Å². The molecule has 0 aromatic heterocycles. The number of amides is 1. The van der Waals surface area contributed by atoms with Crippen molar-refractivity contribution in [2.75, 3.05) is 0 Å². The molecule has 1 unspecified atom stereocenters. The van der Waals surface area contributed by atoms with Gasteiger partial charge in [-0.3, -0.25) is 9.59 Å². The van der Waals surface area contributed by atoms with Gasteiger partial charge in [0.05, 0.1) is 17.0 Å². The van der Waals surface area contributed by atoms with Crippen LogP contribution < -0.4 is 10.1 Å². The van der Waals surface area contributed by atoms with Gasteiger partial charge in [0.1, 0.15) is 11.6 Å². The number of carboxylic acid groups (broad SMARTS) is 1. The number of carboxylic acids is 1. The predicted molar refractivity (Wildman–Crippen MR) is 78.5 cm³/mol. The highest BCUT2D eigenvalue weighted by atomic mass is 35.5. The van der Waals surface area contributed by atoms with Crippen LogP contribution in [0.15, 0.2) is 18.2 Å². The summed E-state index contributed by atoms with van der Waals surface area (Å²) < 4.78 is 18.4.